The summed E-state index contributed by atoms with van der Waals surface area (Å²) in [5.41, 5.74) is 0. The number of halogens is 3. The Hall–Kier alpha value is -0.780. The largest absolute Gasteiger partial charge is 0.471 e. The third-order valence-corrected chi connectivity index (χ3v) is 2.63. The molecule has 1 amide bonds. The molecule has 1 saturated heterocycles. The Morgan fingerprint density at radius 2 is 2.20 bits per heavy atom. The SMILES string of the molecule is CCN1CCC(CNC(=O)C(F)(F)F)C1. The number of rotatable bonds is 3. The van der Waals surface area contributed by atoms with Gasteiger partial charge in [0.15, 0.2) is 0 Å². The molecule has 0 aromatic heterocycles. The molecule has 0 aliphatic carbocycles. The molecule has 0 radical (unpaired) electrons. The van der Waals surface area contributed by atoms with Crippen molar-refractivity contribution < 1.29 is 18.0 Å². The number of nitrogens with zero attached hydrogens (tertiary/aromatic N) is 1. The Labute approximate surface area is 86.6 Å². The summed E-state index contributed by atoms with van der Waals surface area (Å²) >= 11 is 0. The van der Waals surface area contributed by atoms with E-state index in [-0.39, 0.29) is 12.5 Å². The van der Waals surface area contributed by atoms with Gasteiger partial charge in [0.2, 0.25) is 0 Å². The lowest BCUT2D eigenvalue weighted by Crippen LogP contribution is -2.39. The number of hydrogen-bond donors (Lipinski definition) is 1. The average molecular weight is 224 g/mol. The third kappa shape index (κ3) is 3.70. The van der Waals surface area contributed by atoms with Gasteiger partial charge in [-0.2, -0.15) is 13.2 Å². The Bertz CT molecular complexity index is 230. The van der Waals surface area contributed by atoms with Crippen LogP contribution in [0.1, 0.15) is 13.3 Å². The molecule has 1 heterocycles. The number of amides is 1. The summed E-state index contributed by atoms with van der Waals surface area (Å²) in [4.78, 5) is 12.7. The summed E-state index contributed by atoms with van der Waals surface area (Å²) in [5, 5.41) is 1.92. The van der Waals surface area contributed by atoms with Crippen molar-refractivity contribution in [3.63, 3.8) is 0 Å². The van der Waals surface area contributed by atoms with Crippen LogP contribution in [0.3, 0.4) is 0 Å². The topological polar surface area (TPSA) is 32.3 Å². The van der Waals surface area contributed by atoms with Gasteiger partial charge in [0.1, 0.15) is 0 Å². The Balaban J connectivity index is 2.24. The molecule has 0 aromatic carbocycles. The van der Waals surface area contributed by atoms with Crippen LogP contribution in [0.25, 0.3) is 0 Å². The minimum absolute atomic E-state index is 0.120. The average Bonchev–Trinajstić information content (AvgIpc) is 2.60. The van der Waals surface area contributed by atoms with Crippen LogP contribution in [-0.4, -0.2) is 43.2 Å². The molecule has 1 aliphatic rings. The molecule has 1 rings (SSSR count). The maximum atomic E-state index is 11.8. The number of carbonyl (C=O) groups excluding carboxylic acids is 1. The maximum Gasteiger partial charge on any atom is 0.471 e. The maximum absolute atomic E-state index is 11.8. The van der Waals surface area contributed by atoms with Gasteiger partial charge in [-0.15, -0.1) is 0 Å². The van der Waals surface area contributed by atoms with Crippen molar-refractivity contribution in [3.05, 3.63) is 0 Å². The van der Waals surface area contributed by atoms with Crippen LogP contribution in [0.15, 0.2) is 0 Å². The molecular weight excluding hydrogens is 209 g/mol. The first-order valence-electron chi connectivity index (χ1n) is 5.01. The normalized spacial score (nSPS) is 23.1. The van der Waals surface area contributed by atoms with Crippen molar-refractivity contribution >= 4 is 5.91 Å². The number of likely N-dealkylation sites (tertiary alicyclic amines) is 1. The number of carbonyl (C=O) groups is 1. The third-order valence-electron chi connectivity index (χ3n) is 2.63. The van der Waals surface area contributed by atoms with E-state index in [9.17, 15) is 18.0 Å². The van der Waals surface area contributed by atoms with Crippen molar-refractivity contribution in [2.75, 3.05) is 26.2 Å². The van der Waals surface area contributed by atoms with E-state index in [2.05, 4.69) is 4.90 Å². The first-order valence-corrected chi connectivity index (χ1v) is 5.01. The first-order chi connectivity index (χ1) is 6.93. The zero-order valence-corrected chi connectivity index (χ0v) is 8.60. The van der Waals surface area contributed by atoms with Crippen LogP contribution in [0.4, 0.5) is 13.2 Å². The predicted octanol–water partition coefficient (Wildman–Crippen LogP) is 1.01. The Morgan fingerprint density at radius 3 is 2.67 bits per heavy atom. The second kappa shape index (κ2) is 4.83. The van der Waals surface area contributed by atoms with Gasteiger partial charge >= 0.3 is 12.1 Å². The zero-order valence-electron chi connectivity index (χ0n) is 8.60. The van der Waals surface area contributed by atoms with Crippen molar-refractivity contribution in [1.29, 1.82) is 0 Å². The van der Waals surface area contributed by atoms with Gasteiger partial charge in [-0.3, -0.25) is 4.79 Å². The van der Waals surface area contributed by atoms with Crippen LogP contribution >= 0.6 is 0 Å². The van der Waals surface area contributed by atoms with Gasteiger partial charge in [0.25, 0.3) is 0 Å². The van der Waals surface area contributed by atoms with Gasteiger partial charge < -0.3 is 10.2 Å². The van der Waals surface area contributed by atoms with Crippen molar-refractivity contribution in [1.82, 2.24) is 10.2 Å². The van der Waals surface area contributed by atoms with E-state index >= 15 is 0 Å². The fourth-order valence-electron chi connectivity index (χ4n) is 1.70. The van der Waals surface area contributed by atoms with E-state index in [4.69, 9.17) is 0 Å². The van der Waals surface area contributed by atoms with E-state index in [0.29, 0.717) is 0 Å². The summed E-state index contributed by atoms with van der Waals surface area (Å²) in [5.74, 6) is -1.69. The van der Waals surface area contributed by atoms with Crippen LogP contribution in [0, 0.1) is 5.92 Å². The molecule has 0 saturated carbocycles. The standard InChI is InChI=1S/C9H15F3N2O/c1-2-14-4-3-7(6-14)5-13-8(15)9(10,11)12/h7H,2-6H2,1H3,(H,13,15). The second-order valence-corrected chi connectivity index (χ2v) is 3.76. The van der Waals surface area contributed by atoms with Crippen LogP contribution in [0.5, 0.6) is 0 Å². The monoisotopic (exact) mass is 224 g/mol. The van der Waals surface area contributed by atoms with E-state index in [1.807, 2.05) is 12.2 Å². The second-order valence-electron chi connectivity index (χ2n) is 3.76. The van der Waals surface area contributed by atoms with Crippen molar-refractivity contribution in [2.24, 2.45) is 5.92 Å². The molecular formula is C9H15F3N2O. The molecule has 0 bridgehead atoms. The molecule has 88 valence electrons. The molecule has 1 fully saturated rings. The van der Waals surface area contributed by atoms with Crippen LogP contribution in [-0.2, 0) is 4.79 Å². The predicted molar refractivity (Wildman–Crippen MR) is 49.3 cm³/mol. The highest BCUT2D eigenvalue weighted by atomic mass is 19.4. The molecule has 0 spiro atoms. The van der Waals surface area contributed by atoms with E-state index in [1.54, 1.807) is 0 Å². The van der Waals surface area contributed by atoms with Crippen molar-refractivity contribution in [2.45, 2.75) is 19.5 Å². The smallest absolute Gasteiger partial charge is 0.348 e. The molecule has 0 aromatic rings. The Morgan fingerprint density at radius 1 is 1.53 bits per heavy atom. The minimum atomic E-state index is -4.76. The summed E-state index contributed by atoms with van der Waals surface area (Å²) in [6, 6.07) is 0. The fraction of sp³-hybridized carbons (Fsp3) is 0.889. The zero-order chi connectivity index (χ0) is 11.5. The van der Waals surface area contributed by atoms with Crippen LogP contribution < -0.4 is 5.32 Å². The van der Waals surface area contributed by atoms with Gasteiger partial charge in [-0.25, -0.2) is 0 Å². The van der Waals surface area contributed by atoms with Gasteiger partial charge in [0.05, 0.1) is 0 Å². The molecule has 1 N–H and O–H groups in total. The fourth-order valence-corrected chi connectivity index (χ4v) is 1.70. The Kier molecular flexibility index (Phi) is 3.96. The number of nitrogens with one attached hydrogen (secondary N) is 1. The molecule has 15 heavy (non-hydrogen) atoms. The highest BCUT2D eigenvalue weighted by Crippen LogP contribution is 2.17. The van der Waals surface area contributed by atoms with Crippen molar-refractivity contribution in [3.8, 4) is 0 Å². The van der Waals surface area contributed by atoms with Crippen LogP contribution in [0.2, 0.25) is 0 Å². The van der Waals surface area contributed by atoms with E-state index < -0.39 is 12.1 Å². The summed E-state index contributed by atoms with van der Waals surface area (Å²) < 4.78 is 35.5. The summed E-state index contributed by atoms with van der Waals surface area (Å²) in [7, 11) is 0. The van der Waals surface area contributed by atoms with Gasteiger partial charge in [0, 0.05) is 13.1 Å². The lowest BCUT2D eigenvalue weighted by atomic mass is 10.1. The molecule has 1 aliphatic heterocycles. The summed E-state index contributed by atoms with van der Waals surface area (Å²) in [6.45, 7) is 4.72. The lowest BCUT2D eigenvalue weighted by Gasteiger charge is -2.14. The lowest BCUT2D eigenvalue weighted by molar-refractivity contribution is -0.173. The first kappa shape index (κ1) is 12.3. The molecule has 3 nitrogen and oxygen atoms in total. The molecule has 1 unspecified atom stereocenters. The minimum Gasteiger partial charge on any atom is -0.348 e. The quantitative estimate of drug-likeness (QED) is 0.775. The van der Waals surface area contributed by atoms with E-state index in [1.165, 1.54) is 0 Å². The molecule has 1 atom stereocenters. The summed E-state index contributed by atoms with van der Waals surface area (Å²) in [6.07, 6.45) is -3.91. The van der Waals surface area contributed by atoms with Gasteiger partial charge in [-0.05, 0) is 25.4 Å². The highest BCUT2D eigenvalue weighted by molar-refractivity contribution is 5.81. The highest BCUT2D eigenvalue weighted by Gasteiger charge is 2.38. The van der Waals surface area contributed by atoms with Gasteiger partial charge in [-0.1, -0.05) is 6.92 Å². The number of alkyl halides is 3. The number of hydrogen-bond acceptors (Lipinski definition) is 2. The molecule has 6 heteroatoms. The van der Waals surface area contributed by atoms with E-state index in [0.717, 1.165) is 26.1 Å².